The van der Waals surface area contributed by atoms with Gasteiger partial charge >= 0.3 is 0 Å². The van der Waals surface area contributed by atoms with Crippen LogP contribution in [-0.4, -0.2) is 7.85 Å². The number of hydrogen-bond donors (Lipinski definition) is 0. The van der Waals surface area contributed by atoms with Gasteiger partial charge < -0.3 is 0 Å². The first-order valence-corrected chi connectivity index (χ1v) is 5.98. The summed E-state index contributed by atoms with van der Waals surface area (Å²) in [5, 5.41) is 0. The van der Waals surface area contributed by atoms with Gasteiger partial charge in [-0.3, -0.25) is 0 Å². The summed E-state index contributed by atoms with van der Waals surface area (Å²) in [6, 6.07) is 3.62. The minimum absolute atomic E-state index is 0.111. The quantitative estimate of drug-likeness (QED) is 0.592. The second-order valence-corrected chi connectivity index (χ2v) is 4.66. The topological polar surface area (TPSA) is 0 Å². The van der Waals surface area contributed by atoms with Crippen LogP contribution >= 0.6 is 0 Å². The number of halogens is 1. The molecule has 1 aromatic carbocycles. The average molecular weight is 226 g/mol. The van der Waals surface area contributed by atoms with Crippen LogP contribution in [0, 0.1) is 12.7 Å². The van der Waals surface area contributed by atoms with Crippen molar-refractivity contribution in [2.24, 2.45) is 0 Å². The van der Waals surface area contributed by atoms with E-state index >= 15 is 0 Å². The van der Waals surface area contributed by atoms with Gasteiger partial charge in [0, 0.05) is 0 Å². The van der Waals surface area contributed by atoms with Crippen LogP contribution in [-0.2, 0) is 12.8 Å². The van der Waals surface area contributed by atoms with Crippen molar-refractivity contribution in [3.8, 4) is 0 Å². The van der Waals surface area contributed by atoms with Crippen molar-refractivity contribution in [3.05, 3.63) is 57.8 Å². The Morgan fingerprint density at radius 3 is 2.65 bits per heavy atom. The fourth-order valence-electron chi connectivity index (χ4n) is 2.13. The van der Waals surface area contributed by atoms with Crippen molar-refractivity contribution in [3.63, 3.8) is 0 Å². The number of fused-ring (bicyclic) bond motifs is 1. The van der Waals surface area contributed by atoms with E-state index in [1.54, 1.807) is 6.07 Å². The number of rotatable bonds is 0. The highest BCUT2D eigenvalue weighted by Gasteiger charge is 2.08. The van der Waals surface area contributed by atoms with Crippen LogP contribution in [0.3, 0.4) is 0 Å². The highest BCUT2D eigenvalue weighted by Crippen LogP contribution is 2.21. The van der Waals surface area contributed by atoms with Crippen molar-refractivity contribution in [1.82, 2.24) is 0 Å². The molecule has 0 fully saturated rings. The summed E-state index contributed by atoms with van der Waals surface area (Å²) < 4.78 is 13.5. The van der Waals surface area contributed by atoms with Gasteiger partial charge in [-0.1, -0.05) is 29.3 Å². The van der Waals surface area contributed by atoms with Gasteiger partial charge in [-0.15, -0.1) is 0 Å². The van der Waals surface area contributed by atoms with Crippen molar-refractivity contribution in [2.45, 2.75) is 33.1 Å². The molecule has 17 heavy (non-hydrogen) atoms. The molecule has 1 aromatic rings. The van der Waals surface area contributed by atoms with Crippen LogP contribution in [0.25, 0.3) is 0 Å². The Labute approximate surface area is 104 Å². The third-order valence-electron chi connectivity index (χ3n) is 3.34. The minimum Gasteiger partial charge on any atom is -0.207 e. The molecule has 0 amide bonds. The summed E-state index contributed by atoms with van der Waals surface area (Å²) in [4.78, 5) is 0. The number of allylic oxidation sites excluding steroid dienone is 4. The molecular weight excluding hydrogens is 210 g/mol. The highest BCUT2D eigenvalue weighted by atomic mass is 19.1. The van der Waals surface area contributed by atoms with Crippen LogP contribution in [0.15, 0.2) is 35.3 Å². The fourth-order valence-corrected chi connectivity index (χ4v) is 2.13. The van der Waals surface area contributed by atoms with Crippen LogP contribution in [0.5, 0.6) is 0 Å². The Balaban J connectivity index is 2.43. The first-order valence-electron chi connectivity index (χ1n) is 5.98. The summed E-state index contributed by atoms with van der Waals surface area (Å²) in [6.07, 6.45) is 6.70. The molecule has 0 bridgehead atoms. The predicted octanol–water partition coefficient (Wildman–Crippen LogP) is 3.62. The van der Waals surface area contributed by atoms with E-state index in [0.29, 0.717) is 0 Å². The molecule has 2 rings (SSSR count). The summed E-state index contributed by atoms with van der Waals surface area (Å²) >= 11 is 0. The largest absolute Gasteiger partial charge is 0.207 e. The van der Waals surface area contributed by atoms with Gasteiger partial charge in [-0.05, 0) is 55.9 Å². The van der Waals surface area contributed by atoms with E-state index in [4.69, 9.17) is 7.85 Å². The molecule has 2 heteroatoms. The maximum atomic E-state index is 13.5. The lowest BCUT2D eigenvalue weighted by Crippen LogP contribution is -1.96. The molecule has 0 N–H and O–H groups in total. The number of aryl methyl sites for hydroxylation is 2. The smallest absolute Gasteiger partial charge is 0.126 e. The summed E-state index contributed by atoms with van der Waals surface area (Å²) in [5.74, 6) is -0.111. The second kappa shape index (κ2) is 4.91. The molecule has 86 valence electrons. The third-order valence-corrected chi connectivity index (χ3v) is 3.34. The van der Waals surface area contributed by atoms with Crippen LogP contribution in [0.4, 0.5) is 4.39 Å². The summed E-state index contributed by atoms with van der Waals surface area (Å²) in [5.41, 5.74) is 4.99. The fraction of sp³-hybridized carbons (Fsp3) is 0.333. The molecular formula is C15H16BF. The van der Waals surface area contributed by atoms with Gasteiger partial charge in [0.05, 0.1) is 0 Å². The SMILES string of the molecule is [B]C1=C/CCc2cc(F)c(C)cc2C/C=C\1C. The van der Waals surface area contributed by atoms with Gasteiger partial charge in [0.15, 0.2) is 0 Å². The van der Waals surface area contributed by atoms with E-state index in [9.17, 15) is 4.39 Å². The van der Waals surface area contributed by atoms with Gasteiger partial charge in [0.1, 0.15) is 13.7 Å². The Morgan fingerprint density at radius 2 is 1.88 bits per heavy atom. The Kier molecular flexibility index (Phi) is 3.51. The molecule has 0 atom stereocenters. The lowest BCUT2D eigenvalue weighted by atomic mass is 9.87. The molecule has 0 nitrogen and oxygen atoms in total. The van der Waals surface area contributed by atoms with Crippen molar-refractivity contribution < 1.29 is 4.39 Å². The zero-order chi connectivity index (χ0) is 12.4. The minimum atomic E-state index is -0.111. The van der Waals surface area contributed by atoms with Crippen LogP contribution in [0.2, 0.25) is 0 Å². The van der Waals surface area contributed by atoms with Crippen molar-refractivity contribution in [1.29, 1.82) is 0 Å². The third kappa shape index (κ3) is 2.69. The summed E-state index contributed by atoms with van der Waals surface area (Å²) in [7, 11) is 5.93. The van der Waals surface area contributed by atoms with Crippen molar-refractivity contribution >= 4 is 7.85 Å². The molecule has 0 unspecified atom stereocenters. The normalized spacial score (nSPS) is 22.3. The zero-order valence-corrected chi connectivity index (χ0v) is 10.4. The van der Waals surface area contributed by atoms with Gasteiger partial charge in [0.2, 0.25) is 0 Å². The molecule has 0 aliphatic heterocycles. The first-order chi connectivity index (χ1) is 8.08. The zero-order valence-electron chi connectivity index (χ0n) is 10.4. The van der Waals surface area contributed by atoms with E-state index in [1.165, 1.54) is 5.56 Å². The molecule has 0 saturated carbocycles. The molecule has 0 spiro atoms. The number of hydrogen-bond acceptors (Lipinski definition) is 0. The number of benzene rings is 1. The van der Waals surface area contributed by atoms with Gasteiger partial charge in [0.25, 0.3) is 0 Å². The lowest BCUT2D eigenvalue weighted by molar-refractivity contribution is 0.615. The average Bonchev–Trinajstić information content (AvgIpc) is 2.35. The molecule has 0 heterocycles. The Morgan fingerprint density at radius 1 is 1.12 bits per heavy atom. The maximum Gasteiger partial charge on any atom is 0.126 e. The standard InChI is InChI=1S/C15H16BF/c1-10-6-7-13-8-11(2)15(17)9-12(13)4-3-5-14(10)16/h5-6,8-9H,3-4,7H2,1-2H3/b10-6-,14-5+. The molecule has 0 saturated heterocycles. The van der Waals surface area contributed by atoms with E-state index in [2.05, 4.69) is 6.08 Å². The van der Waals surface area contributed by atoms with E-state index in [0.717, 1.165) is 41.4 Å². The van der Waals surface area contributed by atoms with Crippen molar-refractivity contribution in [2.75, 3.05) is 0 Å². The first kappa shape index (κ1) is 12.2. The highest BCUT2D eigenvalue weighted by molar-refractivity contribution is 6.24. The molecule has 2 radical (unpaired) electrons. The summed E-state index contributed by atoms with van der Waals surface area (Å²) in [6.45, 7) is 3.83. The molecule has 1 aliphatic rings. The Hall–Kier alpha value is -1.31. The Bertz CT molecular complexity index is 498. The monoisotopic (exact) mass is 226 g/mol. The van der Waals surface area contributed by atoms with Gasteiger partial charge in [-0.25, -0.2) is 4.39 Å². The molecule has 1 aliphatic carbocycles. The lowest BCUT2D eigenvalue weighted by Gasteiger charge is -2.09. The van der Waals surface area contributed by atoms with Gasteiger partial charge in [-0.2, -0.15) is 0 Å². The predicted molar refractivity (Wildman–Crippen MR) is 70.8 cm³/mol. The molecule has 0 aromatic heterocycles. The van der Waals surface area contributed by atoms with Crippen LogP contribution in [0.1, 0.15) is 30.0 Å². The van der Waals surface area contributed by atoms with E-state index < -0.39 is 0 Å². The van der Waals surface area contributed by atoms with E-state index in [1.807, 2.05) is 26.0 Å². The second-order valence-electron chi connectivity index (χ2n) is 4.66. The maximum absolute atomic E-state index is 13.5. The van der Waals surface area contributed by atoms with E-state index in [-0.39, 0.29) is 5.82 Å². The van der Waals surface area contributed by atoms with Crippen LogP contribution < -0.4 is 0 Å².